The van der Waals surface area contributed by atoms with E-state index in [1.54, 1.807) is 36.0 Å². The lowest BCUT2D eigenvalue weighted by Gasteiger charge is -2.21. The molecule has 1 amide bonds. The standard InChI is InChI=1S/C30H31F3N4O3S/c1-29(2,3)36-41-25-13-10-18(16-24(25)40-5)28(39)35-19-11-12-20(21-8-6-7-9-23(21)30(31,32)33)22(17-19)26(38)27-34-14-15-37(27)4/h6-17,26,36,38H,1-5H3,(H,35,39). The van der Waals surface area contributed by atoms with Crippen molar-refractivity contribution in [3.05, 3.63) is 95.6 Å². The molecule has 3 N–H and O–H groups in total. The Kier molecular flexibility index (Phi) is 8.81. The van der Waals surface area contributed by atoms with Gasteiger partial charge in [0.2, 0.25) is 0 Å². The first-order chi connectivity index (χ1) is 19.3. The highest BCUT2D eigenvalue weighted by molar-refractivity contribution is 7.97. The fourth-order valence-corrected chi connectivity index (χ4v) is 4.96. The fourth-order valence-electron chi connectivity index (χ4n) is 4.16. The number of carbonyl (C=O) groups excluding carboxylic acids is 1. The van der Waals surface area contributed by atoms with Crippen molar-refractivity contribution in [1.82, 2.24) is 14.3 Å². The number of hydrogen-bond donors (Lipinski definition) is 3. The second-order valence-corrected chi connectivity index (χ2v) is 11.3. The zero-order chi connectivity index (χ0) is 29.9. The summed E-state index contributed by atoms with van der Waals surface area (Å²) < 4.78 is 52.0. The van der Waals surface area contributed by atoms with E-state index in [2.05, 4.69) is 15.0 Å². The van der Waals surface area contributed by atoms with Gasteiger partial charge < -0.3 is 19.7 Å². The van der Waals surface area contributed by atoms with Crippen LogP contribution in [0.5, 0.6) is 5.75 Å². The average molecular weight is 585 g/mol. The molecule has 3 aromatic carbocycles. The van der Waals surface area contributed by atoms with Crippen LogP contribution in [-0.2, 0) is 13.2 Å². The maximum absolute atomic E-state index is 13.9. The van der Waals surface area contributed by atoms with Gasteiger partial charge >= 0.3 is 6.18 Å². The minimum absolute atomic E-state index is 0.0946. The van der Waals surface area contributed by atoms with Crippen LogP contribution in [0.25, 0.3) is 11.1 Å². The first-order valence-corrected chi connectivity index (χ1v) is 13.5. The number of rotatable bonds is 8. The van der Waals surface area contributed by atoms with Crippen LogP contribution in [0.1, 0.15) is 54.2 Å². The number of alkyl halides is 3. The van der Waals surface area contributed by atoms with Crippen molar-refractivity contribution in [3.8, 4) is 16.9 Å². The lowest BCUT2D eigenvalue weighted by molar-refractivity contribution is -0.137. The first kappa shape index (κ1) is 30.2. The van der Waals surface area contributed by atoms with Gasteiger partial charge in [0, 0.05) is 36.2 Å². The Labute approximate surface area is 240 Å². The molecule has 7 nitrogen and oxygen atoms in total. The minimum atomic E-state index is -4.61. The van der Waals surface area contributed by atoms with Crippen LogP contribution < -0.4 is 14.8 Å². The Balaban J connectivity index is 1.71. The zero-order valence-electron chi connectivity index (χ0n) is 23.2. The lowest BCUT2D eigenvalue weighted by Crippen LogP contribution is -2.29. The van der Waals surface area contributed by atoms with E-state index in [-0.39, 0.29) is 28.1 Å². The fraction of sp³-hybridized carbons (Fsp3) is 0.267. The number of halogens is 3. The van der Waals surface area contributed by atoms with Crippen LogP contribution >= 0.6 is 11.9 Å². The quantitative estimate of drug-likeness (QED) is 0.197. The monoisotopic (exact) mass is 584 g/mol. The molecule has 1 unspecified atom stereocenters. The number of nitrogens with one attached hydrogen (secondary N) is 2. The number of nitrogens with zero attached hydrogens (tertiary/aromatic N) is 2. The number of benzene rings is 3. The molecule has 1 atom stereocenters. The number of carbonyl (C=O) groups is 1. The third kappa shape index (κ3) is 7.10. The van der Waals surface area contributed by atoms with E-state index < -0.39 is 23.8 Å². The van der Waals surface area contributed by atoms with Crippen molar-refractivity contribution in [2.45, 2.75) is 43.5 Å². The normalized spacial score (nSPS) is 12.7. The highest BCUT2D eigenvalue weighted by atomic mass is 32.2. The molecule has 41 heavy (non-hydrogen) atoms. The summed E-state index contributed by atoms with van der Waals surface area (Å²) in [5.74, 6) is 0.287. The molecule has 0 aliphatic rings. The molecule has 4 aromatic rings. The van der Waals surface area contributed by atoms with Gasteiger partial charge in [0.25, 0.3) is 5.91 Å². The van der Waals surface area contributed by atoms with Gasteiger partial charge in [-0.05, 0) is 85.8 Å². The van der Waals surface area contributed by atoms with Crippen molar-refractivity contribution in [2.24, 2.45) is 7.05 Å². The number of methoxy groups -OCH3 is 1. The largest absolute Gasteiger partial charge is 0.496 e. The van der Waals surface area contributed by atoms with Crippen LogP contribution in [-0.4, -0.2) is 33.2 Å². The number of ether oxygens (including phenoxy) is 1. The number of aliphatic hydroxyl groups is 1. The number of aromatic nitrogens is 2. The summed E-state index contributed by atoms with van der Waals surface area (Å²) in [6.45, 7) is 6.08. The number of imidazole rings is 1. The van der Waals surface area contributed by atoms with Gasteiger partial charge in [-0.25, -0.2) is 4.98 Å². The van der Waals surface area contributed by atoms with E-state index in [1.165, 1.54) is 61.7 Å². The van der Waals surface area contributed by atoms with Gasteiger partial charge in [-0.2, -0.15) is 13.2 Å². The third-order valence-corrected chi connectivity index (χ3v) is 7.39. The van der Waals surface area contributed by atoms with E-state index in [9.17, 15) is 23.1 Å². The lowest BCUT2D eigenvalue weighted by atomic mass is 9.91. The highest BCUT2D eigenvalue weighted by Gasteiger charge is 2.34. The Hall–Kier alpha value is -3.80. The van der Waals surface area contributed by atoms with Crippen molar-refractivity contribution in [1.29, 1.82) is 0 Å². The van der Waals surface area contributed by atoms with Crippen molar-refractivity contribution < 1.29 is 27.8 Å². The Morgan fingerprint density at radius 1 is 1.05 bits per heavy atom. The minimum Gasteiger partial charge on any atom is -0.496 e. The van der Waals surface area contributed by atoms with Crippen LogP contribution in [0.4, 0.5) is 18.9 Å². The molecule has 0 saturated carbocycles. The molecule has 0 fully saturated rings. The number of aryl methyl sites for hydroxylation is 1. The number of aliphatic hydroxyl groups excluding tert-OH is 1. The molecule has 0 bridgehead atoms. The molecule has 0 saturated heterocycles. The average Bonchev–Trinajstić information content (AvgIpc) is 3.36. The van der Waals surface area contributed by atoms with Crippen LogP contribution in [0.15, 0.2) is 78.0 Å². The first-order valence-electron chi connectivity index (χ1n) is 12.7. The number of hydrogen-bond acceptors (Lipinski definition) is 6. The van der Waals surface area contributed by atoms with E-state index >= 15 is 0 Å². The van der Waals surface area contributed by atoms with E-state index in [0.717, 1.165) is 11.0 Å². The molecule has 216 valence electrons. The second kappa shape index (κ2) is 12.0. The summed E-state index contributed by atoms with van der Waals surface area (Å²) in [5, 5.41) is 14.1. The van der Waals surface area contributed by atoms with Gasteiger partial charge in [-0.3, -0.25) is 9.52 Å². The predicted octanol–water partition coefficient (Wildman–Crippen LogP) is 6.84. The zero-order valence-corrected chi connectivity index (χ0v) is 24.0. The molecule has 0 aliphatic carbocycles. The second-order valence-electron chi connectivity index (χ2n) is 10.4. The van der Waals surface area contributed by atoms with Gasteiger partial charge in [-0.15, -0.1) is 0 Å². The van der Waals surface area contributed by atoms with Gasteiger partial charge in [0.05, 0.1) is 17.6 Å². The number of anilines is 1. The van der Waals surface area contributed by atoms with E-state index in [4.69, 9.17) is 4.74 Å². The van der Waals surface area contributed by atoms with Crippen molar-refractivity contribution in [3.63, 3.8) is 0 Å². The molecule has 11 heteroatoms. The van der Waals surface area contributed by atoms with Crippen molar-refractivity contribution in [2.75, 3.05) is 12.4 Å². The smallest absolute Gasteiger partial charge is 0.417 e. The Bertz CT molecular complexity index is 1550. The summed E-state index contributed by atoms with van der Waals surface area (Å²) >= 11 is 1.39. The molecular formula is C30H31F3N4O3S. The van der Waals surface area contributed by atoms with Crippen LogP contribution in [0.2, 0.25) is 0 Å². The maximum Gasteiger partial charge on any atom is 0.417 e. The summed E-state index contributed by atoms with van der Waals surface area (Å²) in [4.78, 5) is 18.2. The van der Waals surface area contributed by atoms with E-state index in [1.807, 2.05) is 20.8 Å². The summed E-state index contributed by atoms with van der Waals surface area (Å²) in [6.07, 6.45) is -2.87. The summed E-state index contributed by atoms with van der Waals surface area (Å²) in [7, 11) is 3.19. The molecule has 0 aliphatic heterocycles. The van der Waals surface area contributed by atoms with Gasteiger partial charge in [0.15, 0.2) is 0 Å². The van der Waals surface area contributed by atoms with Gasteiger partial charge in [0.1, 0.15) is 17.7 Å². The molecule has 4 rings (SSSR count). The molecule has 0 spiro atoms. The van der Waals surface area contributed by atoms with Crippen LogP contribution in [0.3, 0.4) is 0 Å². The van der Waals surface area contributed by atoms with E-state index in [0.29, 0.717) is 17.0 Å². The molecule has 1 heterocycles. The number of amides is 1. The third-order valence-electron chi connectivity index (χ3n) is 6.12. The van der Waals surface area contributed by atoms with Gasteiger partial charge in [-0.1, -0.05) is 24.3 Å². The highest BCUT2D eigenvalue weighted by Crippen LogP contribution is 2.41. The summed E-state index contributed by atoms with van der Waals surface area (Å²) in [5.41, 5.74) is -0.139. The van der Waals surface area contributed by atoms with Crippen LogP contribution in [0, 0.1) is 0 Å². The maximum atomic E-state index is 13.9. The SMILES string of the molecule is COc1cc(C(=O)Nc2ccc(-c3ccccc3C(F)(F)F)c(C(O)c3nccn3C)c2)ccc1SNC(C)(C)C. The van der Waals surface area contributed by atoms with Crippen molar-refractivity contribution >= 4 is 23.5 Å². The molecular weight excluding hydrogens is 553 g/mol. The molecule has 0 radical (unpaired) electrons. The predicted molar refractivity (Wildman–Crippen MR) is 154 cm³/mol. The summed E-state index contributed by atoms with van der Waals surface area (Å²) in [6, 6.07) is 14.6. The Morgan fingerprint density at radius 3 is 2.41 bits per heavy atom. The molecule has 1 aromatic heterocycles. The Morgan fingerprint density at radius 2 is 1.78 bits per heavy atom. The topological polar surface area (TPSA) is 88.4 Å².